The first-order valence-corrected chi connectivity index (χ1v) is 9.75. The largest absolute Gasteiger partial charge is 0.343 e. The molecule has 0 aromatic heterocycles. The highest BCUT2D eigenvalue weighted by Gasteiger charge is 2.24. The molecule has 0 saturated heterocycles. The molecule has 0 fully saturated rings. The Hall–Kier alpha value is -1.95. The van der Waals surface area contributed by atoms with Gasteiger partial charge in [-0.3, -0.25) is 4.79 Å². The summed E-state index contributed by atoms with van der Waals surface area (Å²) in [5, 5.41) is 3.09. The van der Waals surface area contributed by atoms with Crippen LogP contribution in [0.25, 0.3) is 0 Å². The summed E-state index contributed by atoms with van der Waals surface area (Å²) in [5.41, 5.74) is 9.06. The number of nitrogens with one attached hydrogen (secondary N) is 1. The number of nitrogens with two attached hydrogens (primary N) is 1. The van der Waals surface area contributed by atoms with Gasteiger partial charge in [0.1, 0.15) is 0 Å². The number of halogens is 2. The molecule has 3 N–H and O–H groups in total. The highest BCUT2D eigenvalue weighted by Crippen LogP contribution is 2.29. The zero-order valence-corrected chi connectivity index (χ0v) is 17.1. The minimum Gasteiger partial charge on any atom is -0.343 e. The van der Waals surface area contributed by atoms with Crippen LogP contribution >= 0.6 is 31.9 Å². The normalized spacial score (nSPS) is 13.0. The quantitative estimate of drug-likeness (QED) is 0.522. The van der Waals surface area contributed by atoms with E-state index in [2.05, 4.69) is 37.2 Å². The van der Waals surface area contributed by atoms with Gasteiger partial charge in [0.05, 0.1) is 12.1 Å². The van der Waals surface area contributed by atoms with Gasteiger partial charge in [0.2, 0.25) is 0 Å². The van der Waals surface area contributed by atoms with E-state index in [4.69, 9.17) is 5.73 Å². The third-order valence-electron chi connectivity index (χ3n) is 4.17. The lowest BCUT2D eigenvalue weighted by molar-refractivity contribution is 0.0930. The summed E-state index contributed by atoms with van der Waals surface area (Å²) >= 11 is 6.89. The van der Waals surface area contributed by atoms with Crippen molar-refractivity contribution in [1.29, 1.82) is 0 Å². The summed E-state index contributed by atoms with van der Waals surface area (Å²) in [6.45, 7) is 0. The number of rotatable bonds is 5. The van der Waals surface area contributed by atoms with Crippen LogP contribution in [-0.4, -0.2) is 5.91 Å². The van der Waals surface area contributed by atoms with Crippen molar-refractivity contribution in [1.82, 2.24) is 5.32 Å². The van der Waals surface area contributed by atoms with Crippen molar-refractivity contribution in [3.8, 4) is 0 Å². The number of benzene rings is 3. The van der Waals surface area contributed by atoms with Crippen molar-refractivity contribution >= 4 is 37.8 Å². The molecule has 0 aliphatic heterocycles. The molecule has 0 heterocycles. The van der Waals surface area contributed by atoms with E-state index in [0.717, 1.165) is 20.1 Å². The van der Waals surface area contributed by atoms with Crippen LogP contribution < -0.4 is 11.1 Å². The van der Waals surface area contributed by atoms with Gasteiger partial charge in [0.25, 0.3) is 5.91 Å². The minimum absolute atomic E-state index is 0.147. The van der Waals surface area contributed by atoms with Crippen LogP contribution in [0.5, 0.6) is 0 Å². The van der Waals surface area contributed by atoms with Crippen molar-refractivity contribution in [2.45, 2.75) is 12.1 Å². The number of hydrogen-bond acceptors (Lipinski definition) is 2. The van der Waals surface area contributed by atoms with Crippen LogP contribution in [0.2, 0.25) is 0 Å². The second-order valence-corrected chi connectivity index (χ2v) is 7.78. The van der Waals surface area contributed by atoms with Crippen molar-refractivity contribution in [3.63, 3.8) is 0 Å². The second-order valence-electron chi connectivity index (χ2n) is 5.95. The molecule has 0 radical (unpaired) electrons. The summed E-state index contributed by atoms with van der Waals surface area (Å²) in [6.07, 6.45) is 0. The van der Waals surface area contributed by atoms with E-state index < -0.39 is 0 Å². The molecule has 0 bridgehead atoms. The maximum Gasteiger partial charge on any atom is 0.251 e. The molecule has 3 aromatic carbocycles. The Morgan fingerprint density at radius 1 is 0.769 bits per heavy atom. The van der Waals surface area contributed by atoms with Crippen molar-refractivity contribution in [2.75, 3.05) is 0 Å². The van der Waals surface area contributed by atoms with Crippen LogP contribution in [0, 0.1) is 0 Å². The Morgan fingerprint density at radius 2 is 1.27 bits per heavy atom. The SMILES string of the molecule is N[C@H](c1ccc(Br)cc1)[C@@H](NC(=O)c1ccccc1)c1ccc(Br)cc1. The summed E-state index contributed by atoms with van der Waals surface area (Å²) in [4.78, 5) is 12.7. The fourth-order valence-corrected chi connectivity index (χ4v) is 3.27. The molecule has 132 valence electrons. The molecule has 0 aliphatic rings. The molecule has 0 saturated carbocycles. The first kappa shape index (κ1) is 18.8. The van der Waals surface area contributed by atoms with Gasteiger partial charge in [-0.15, -0.1) is 0 Å². The maximum absolute atomic E-state index is 12.7. The predicted molar refractivity (Wildman–Crippen MR) is 112 cm³/mol. The zero-order valence-electron chi connectivity index (χ0n) is 13.9. The number of carbonyl (C=O) groups is 1. The molecule has 3 aromatic rings. The van der Waals surface area contributed by atoms with E-state index in [0.29, 0.717) is 5.56 Å². The van der Waals surface area contributed by atoms with Crippen molar-refractivity contribution < 1.29 is 4.79 Å². The molecule has 0 spiro atoms. The van der Waals surface area contributed by atoms with Crippen LogP contribution in [-0.2, 0) is 0 Å². The van der Waals surface area contributed by atoms with Gasteiger partial charge in [-0.05, 0) is 47.5 Å². The van der Waals surface area contributed by atoms with Crippen molar-refractivity contribution in [2.24, 2.45) is 5.73 Å². The van der Waals surface area contributed by atoms with Gasteiger partial charge in [-0.25, -0.2) is 0 Å². The average molecular weight is 474 g/mol. The van der Waals surface area contributed by atoms with Gasteiger partial charge < -0.3 is 11.1 Å². The van der Waals surface area contributed by atoms with E-state index in [1.54, 1.807) is 12.1 Å². The molecule has 3 nitrogen and oxygen atoms in total. The Balaban J connectivity index is 1.92. The lowest BCUT2D eigenvalue weighted by atomic mass is 9.93. The van der Waals surface area contributed by atoms with Crippen LogP contribution in [0.1, 0.15) is 33.6 Å². The van der Waals surface area contributed by atoms with E-state index in [1.807, 2.05) is 66.7 Å². The fourth-order valence-electron chi connectivity index (χ4n) is 2.74. The van der Waals surface area contributed by atoms with Gasteiger partial charge in [-0.2, -0.15) is 0 Å². The molecule has 0 aliphatic carbocycles. The van der Waals surface area contributed by atoms with Crippen LogP contribution in [0.3, 0.4) is 0 Å². The Labute approximate surface area is 169 Å². The molecule has 5 heteroatoms. The second kappa shape index (κ2) is 8.62. The van der Waals surface area contributed by atoms with Gasteiger partial charge in [0.15, 0.2) is 0 Å². The van der Waals surface area contributed by atoms with Gasteiger partial charge in [-0.1, -0.05) is 74.3 Å². The van der Waals surface area contributed by atoms with E-state index in [-0.39, 0.29) is 18.0 Å². The van der Waals surface area contributed by atoms with E-state index in [1.165, 1.54) is 0 Å². The summed E-state index contributed by atoms with van der Waals surface area (Å²) in [5.74, 6) is -0.147. The van der Waals surface area contributed by atoms with Gasteiger partial charge in [0, 0.05) is 14.5 Å². The molecule has 26 heavy (non-hydrogen) atoms. The van der Waals surface area contributed by atoms with Crippen molar-refractivity contribution in [3.05, 3.63) is 104 Å². The molecule has 3 rings (SSSR count). The zero-order chi connectivity index (χ0) is 18.5. The van der Waals surface area contributed by atoms with E-state index >= 15 is 0 Å². The molecule has 2 atom stereocenters. The highest BCUT2D eigenvalue weighted by molar-refractivity contribution is 9.10. The third kappa shape index (κ3) is 4.61. The third-order valence-corrected chi connectivity index (χ3v) is 5.22. The lowest BCUT2D eigenvalue weighted by Gasteiger charge is -2.26. The standard InChI is InChI=1S/C21H18Br2N2O/c22-17-10-6-14(7-11-17)19(24)20(15-8-12-18(23)13-9-15)25-21(26)16-4-2-1-3-5-16/h1-13,19-20H,24H2,(H,25,26)/t19-,20+/m1/s1. The monoisotopic (exact) mass is 472 g/mol. The minimum atomic E-state index is -0.378. The number of amides is 1. The first-order valence-electron chi connectivity index (χ1n) is 8.17. The smallest absolute Gasteiger partial charge is 0.251 e. The molecular formula is C21H18Br2N2O. The maximum atomic E-state index is 12.7. The average Bonchev–Trinajstić information content (AvgIpc) is 2.67. The highest BCUT2D eigenvalue weighted by atomic mass is 79.9. The lowest BCUT2D eigenvalue weighted by Crippen LogP contribution is -2.36. The fraction of sp³-hybridized carbons (Fsp3) is 0.0952. The Kier molecular flexibility index (Phi) is 6.25. The number of carbonyl (C=O) groups excluding carboxylic acids is 1. The summed E-state index contributed by atoms with van der Waals surface area (Å²) in [6, 6.07) is 24.1. The van der Waals surface area contributed by atoms with Gasteiger partial charge >= 0.3 is 0 Å². The molecule has 1 amide bonds. The van der Waals surface area contributed by atoms with E-state index in [9.17, 15) is 4.79 Å². The Morgan fingerprint density at radius 3 is 1.81 bits per heavy atom. The summed E-state index contributed by atoms with van der Waals surface area (Å²) in [7, 11) is 0. The first-order chi connectivity index (χ1) is 12.5. The topological polar surface area (TPSA) is 55.1 Å². The molecular weight excluding hydrogens is 456 g/mol. The predicted octanol–water partition coefficient (Wildman–Crippen LogP) is 5.38. The number of hydrogen-bond donors (Lipinski definition) is 2. The summed E-state index contributed by atoms with van der Waals surface area (Å²) < 4.78 is 1.97. The van der Waals surface area contributed by atoms with Crippen LogP contribution in [0.15, 0.2) is 87.8 Å². The Bertz CT molecular complexity index is 865. The van der Waals surface area contributed by atoms with Crippen LogP contribution in [0.4, 0.5) is 0 Å². The molecule has 0 unspecified atom stereocenters.